The molecule has 2 N–H and O–H groups in total. The van der Waals surface area contributed by atoms with Crippen LogP contribution in [0.4, 0.5) is 19.4 Å². The molecule has 2 fully saturated rings. The molecule has 2 aliphatic rings. The lowest BCUT2D eigenvalue weighted by molar-refractivity contribution is 0.0894. The zero-order chi connectivity index (χ0) is 24.0. The second kappa shape index (κ2) is 8.82. The van der Waals surface area contributed by atoms with Gasteiger partial charge in [-0.05, 0) is 31.4 Å². The molecule has 3 atom stereocenters. The average molecular weight is 482 g/mol. The number of nitrogens with one attached hydrogen (secondary N) is 1. The van der Waals surface area contributed by atoms with E-state index >= 15 is 0 Å². The first-order valence-electron chi connectivity index (χ1n) is 11.5. The molecule has 11 heteroatoms. The molecule has 8 nitrogen and oxygen atoms in total. The smallest absolute Gasteiger partial charge is 0.407 e. The number of ether oxygens (including phenoxy) is 1. The molecule has 1 amide bonds. The summed E-state index contributed by atoms with van der Waals surface area (Å²) < 4.78 is 35.8. The Bertz CT molecular complexity index is 1030. The van der Waals surface area contributed by atoms with E-state index in [0.717, 1.165) is 18.9 Å². The van der Waals surface area contributed by atoms with Crippen molar-refractivity contribution in [2.75, 3.05) is 18.5 Å². The molecular formula is C22H33F2N5O3Si. The molecule has 0 aromatic carbocycles. The van der Waals surface area contributed by atoms with Gasteiger partial charge in [-0.25, -0.2) is 23.5 Å². The van der Waals surface area contributed by atoms with Crippen molar-refractivity contribution in [2.24, 2.45) is 0 Å². The highest BCUT2D eigenvalue weighted by atomic mass is 28.3. The van der Waals surface area contributed by atoms with Crippen LogP contribution in [0.1, 0.15) is 37.7 Å². The summed E-state index contributed by atoms with van der Waals surface area (Å²) in [5.41, 5.74) is 1.07. The van der Waals surface area contributed by atoms with Gasteiger partial charge in [0, 0.05) is 45.9 Å². The largest absolute Gasteiger partial charge is 0.465 e. The summed E-state index contributed by atoms with van der Waals surface area (Å²) in [7, 11) is -1.24. The number of hydrogen-bond donors (Lipinski definition) is 2. The Balaban J connectivity index is 1.59. The van der Waals surface area contributed by atoms with Crippen LogP contribution in [-0.4, -0.2) is 69.9 Å². The summed E-state index contributed by atoms with van der Waals surface area (Å²) in [5, 5.41) is 13.4. The summed E-state index contributed by atoms with van der Waals surface area (Å²) in [6.07, 6.45) is 3.48. The Morgan fingerprint density at radius 1 is 1.33 bits per heavy atom. The number of carboxylic acid groups (broad SMARTS) is 1. The maximum atomic E-state index is 14.1. The van der Waals surface area contributed by atoms with Gasteiger partial charge in [0.25, 0.3) is 5.92 Å². The predicted octanol–water partition coefficient (Wildman–Crippen LogP) is 4.81. The fraction of sp³-hybridized carbons (Fsp3) is 0.682. The lowest BCUT2D eigenvalue weighted by atomic mass is 9.99. The molecule has 4 rings (SSSR count). The molecule has 182 valence electrons. The molecular weight excluding hydrogens is 448 g/mol. The van der Waals surface area contributed by atoms with Gasteiger partial charge in [0.15, 0.2) is 0 Å². The lowest BCUT2D eigenvalue weighted by Gasteiger charge is -2.36. The number of alkyl halides is 2. The Hall–Kier alpha value is -2.27. The van der Waals surface area contributed by atoms with Gasteiger partial charge in [0.2, 0.25) is 0 Å². The van der Waals surface area contributed by atoms with Crippen molar-refractivity contribution in [3.05, 3.63) is 18.1 Å². The van der Waals surface area contributed by atoms with Crippen LogP contribution in [0.3, 0.4) is 0 Å². The first-order valence-corrected chi connectivity index (χ1v) is 15.2. The van der Waals surface area contributed by atoms with Crippen LogP contribution in [0.2, 0.25) is 25.7 Å². The molecule has 1 saturated carbocycles. The zero-order valence-electron chi connectivity index (χ0n) is 19.6. The van der Waals surface area contributed by atoms with E-state index in [0.29, 0.717) is 35.6 Å². The van der Waals surface area contributed by atoms with E-state index in [1.165, 1.54) is 11.2 Å². The number of fused-ring (bicyclic) bond motifs is 1. The SMILES string of the molecule is C[C@H]1CC[C@@H](Nc2ncnc3c2c(C2CC2(F)F)cn3COCC[Si](C)(C)C)CN1C(=O)O. The van der Waals surface area contributed by atoms with E-state index in [1.54, 1.807) is 10.8 Å². The molecule has 33 heavy (non-hydrogen) atoms. The van der Waals surface area contributed by atoms with E-state index in [1.807, 2.05) is 6.92 Å². The number of halogens is 2. The molecule has 0 radical (unpaired) electrons. The van der Waals surface area contributed by atoms with Crippen LogP contribution in [0.25, 0.3) is 11.0 Å². The Kier molecular flexibility index (Phi) is 6.38. The molecule has 2 aromatic heterocycles. The quantitative estimate of drug-likeness (QED) is 0.415. The maximum absolute atomic E-state index is 14.1. The summed E-state index contributed by atoms with van der Waals surface area (Å²) in [6, 6.07) is 0.808. The van der Waals surface area contributed by atoms with Crippen LogP contribution in [-0.2, 0) is 11.5 Å². The number of rotatable bonds is 8. The van der Waals surface area contributed by atoms with Crippen molar-refractivity contribution in [3.63, 3.8) is 0 Å². The van der Waals surface area contributed by atoms with Crippen LogP contribution in [0.5, 0.6) is 0 Å². The molecule has 0 spiro atoms. The van der Waals surface area contributed by atoms with E-state index in [9.17, 15) is 18.7 Å². The van der Waals surface area contributed by atoms with Crippen LogP contribution in [0.15, 0.2) is 12.5 Å². The number of likely N-dealkylation sites (tertiary alicyclic amines) is 1. The van der Waals surface area contributed by atoms with Gasteiger partial charge in [0.1, 0.15) is 24.5 Å². The normalized spacial score (nSPS) is 24.8. The molecule has 3 heterocycles. The van der Waals surface area contributed by atoms with Crippen LogP contribution in [0, 0.1) is 0 Å². The summed E-state index contributed by atoms with van der Waals surface area (Å²) in [4.78, 5) is 21.7. The number of piperidine rings is 1. The molecule has 1 saturated heterocycles. The van der Waals surface area contributed by atoms with Gasteiger partial charge in [-0.2, -0.15) is 0 Å². The van der Waals surface area contributed by atoms with Gasteiger partial charge < -0.3 is 24.6 Å². The van der Waals surface area contributed by atoms with E-state index in [2.05, 4.69) is 34.9 Å². The van der Waals surface area contributed by atoms with Gasteiger partial charge in [-0.15, -0.1) is 0 Å². The first kappa shape index (κ1) is 23.9. The minimum absolute atomic E-state index is 0.0546. The second-order valence-electron chi connectivity index (χ2n) is 10.5. The van der Waals surface area contributed by atoms with Gasteiger partial charge in [-0.3, -0.25) is 0 Å². The van der Waals surface area contributed by atoms with Gasteiger partial charge >= 0.3 is 6.09 Å². The lowest BCUT2D eigenvalue weighted by Crippen LogP contribution is -2.49. The number of aromatic nitrogens is 3. The highest BCUT2D eigenvalue weighted by Crippen LogP contribution is 2.57. The predicted molar refractivity (Wildman–Crippen MR) is 125 cm³/mol. The minimum Gasteiger partial charge on any atom is -0.465 e. The van der Waals surface area contributed by atoms with Gasteiger partial charge in [0.05, 0.1) is 11.3 Å². The van der Waals surface area contributed by atoms with Crippen molar-refractivity contribution in [3.8, 4) is 0 Å². The van der Waals surface area contributed by atoms with E-state index in [4.69, 9.17) is 4.74 Å². The Labute approximate surface area is 193 Å². The number of amides is 1. The van der Waals surface area contributed by atoms with Crippen molar-refractivity contribution in [1.82, 2.24) is 19.4 Å². The first-order chi connectivity index (χ1) is 15.5. The third-order valence-corrected chi connectivity index (χ3v) is 8.28. The molecule has 1 aliphatic carbocycles. The van der Waals surface area contributed by atoms with Crippen LogP contribution >= 0.6 is 0 Å². The van der Waals surface area contributed by atoms with Crippen molar-refractivity contribution in [2.45, 2.75) is 82.5 Å². The Morgan fingerprint density at radius 3 is 2.70 bits per heavy atom. The highest BCUT2D eigenvalue weighted by molar-refractivity contribution is 6.76. The van der Waals surface area contributed by atoms with Crippen molar-refractivity contribution in [1.29, 1.82) is 0 Å². The topological polar surface area (TPSA) is 92.5 Å². The molecule has 1 unspecified atom stereocenters. The summed E-state index contributed by atoms with van der Waals surface area (Å²) in [5.74, 6) is -3.12. The van der Waals surface area contributed by atoms with E-state index in [-0.39, 0.29) is 25.2 Å². The number of anilines is 1. The summed E-state index contributed by atoms with van der Waals surface area (Å²) in [6.45, 7) is 9.89. The highest BCUT2D eigenvalue weighted by Gasteiger charge is 2.58. The number of carbonyl (C=O) groups is 1. The number of nitrogens with zero attached hydrogens (tertiary/aromatic N) is 4. The molecule has 0 bridgehead atoms. The minimum atomic E-state index is -2.73. The zero-order valence-corrected chi connectivity index (χ0v) is 20.6. The third kappa shape index (κ3) is 5.29. The van der Waals surface area contributed by atoms with E-state index < -0.39 is 26.0 Å². The average Bonchev–Trinajstić information content (AvgIpc) is 3.20. The Morgan fingerprint density at radius 2 is 2.06 bits per heavy atom. The standard InChI is InChI=1S/C22H33F2N5O3Si/c1-14-5-6-15(10-29(14)21(30)31)27-19-18-16(17-9-22(17,23)24)11-28(20(18)26-12-25-19)13-32-7-8-33(2,3)4/h11-12,14-15,17H,5-10,13H2,1-4H3,(H,30,31)(H,25,26,27)/t14-,15+,17?/m0/s1. The fourth-order valence-electron chi connectivity index (χ4n) is 4.40. The fourth-order valence-corrected chi connectivity index (χ4v) is 5.16. The maximum Gasteiger partial charge on any atom is 0.407 e. The molecule has 1 aliphatic heterocycles. The monoisotopic (exact) mass is 481 g/mol. The van der Waals surface area contributed by atoms with Crippen LogP contribution < -0.4 is 5.32 Å². The van der Waals surface area contributed by atoms with Crippen molar-refractivity contribution < 1.29 is 23.4 Å². The van der Waals surface area contributed by atoms with Crippen molar-refractivity contribution >= 4 is 31.0 Å². The summed E-state index contributed by atoms with van der Waals surface area (Å²) >= 11 is 0. The van der Waals surface area contributed by atoms with Gasteiger partial charge in [-0.1, -0.05) is 19.6 Å². The number of hydrogen-bond acceptors (Lipinski definition) is 5. The second-order valence-corrected chi connectivity index (χ2v) is 16.2. The third-order valence-electron chi connectivity index (χ3n) is 6.58. The molecule has 2 aromatic rings.